The summed E-state index contributed by atoms with van der Waals surface area (Å²) < 4.78 is 13.8. The molecule has 3 aromatic rings. The molecule has 0 unspecified atom stereocenters. The fraction of sp³-hybridized carbons (Fsp3) is 0.130. The summed E-state index contributed by atoms with van der Waals surface area (Å²) in [5.74, 6) is -1.75. The van der Waals surface area contributed by atoms with Crippen LogP contribution in [-0.4, -0.2) is 23.5 Å². The highest BCUT2D eigenvalue weighted by Crippen LogP contribution is 2.44. The van der Waals surface area contributed by atoms with Crippen LogP contribution in [0.4, 0.5) is 15.8 Å². The van der Waals surface area contributed by atoms with Gasteiger partial charge in [0.05, 0.1) is 11.4 Å². The molecule has 29 heavy (non-hydrogen) atoms. The molecule has 0 fully saturated rings. The first-order valence-corrected chi connectivity index (χ1v) is 9.16. The van der Waals surface area contributed by atoms with Crippen molar-refractivity contribution in [3.05, 3.63) is 95.3 Å². The molecule has 1 aliphatic heterocycles. The van der Waals surface area contributed by atoms with Crippen molar-refractivity contribution in [2.75, 3.05) is 16.8 Å². The number of hydrogen-bond acceptors (Lipinski definition) is 3. The van der Waals surface area contributed by atoms with Crippen LogP contribution in [0.5, 0.6) is 0 Å². The van der Waals surface area contributed by atoms with Crippen LogP contribution in [0, 0.1) is 12.7 Å². The minimum atomic E-state index is -1.89. The topological polar surface area (TPSA) is 69.6 Å². The number of amides is 2. The fourth-order valence-corrected chi connectivity index (χ4v) is 3.64. The Balaban J connectivity index is 1.68. The van der Waals surface area contributed by atoms with Crippen LogP contribution < -0.4 is 10.2 Å². The molecular weight excluding hydrogens is 371 g/mol. The van der Waals surface area contributed by atoms with Gasteiger partial charge in [-0.15, -0.1) is 0 Å². The van der Waals surface area contributed by atoms with Crippen molar-refractivity contribution in [3.8, 4) is 0 Å². The van der Waals surface area contributed by atoms with Crippen LogP contribution in [0.3, 0.4) is 0 Å². The summed E-state index contributed by atoms with van der Waals surface area (Å²) in [5, 5.41) is 13.9. The summed E-state index contributed by atoms with van der Waals surface area (Å²) >= 11 is 0. The van der Waals surface area contributed by atoms with Crippen LogP contribution >= 0.6 is 0 Å². The molecule has 6 heteroatoms. The van der Waals surface area contributed by atoms with Crippen molar-refractivity contribution < 1.29 is 19.1 Å². The predicted octanol–water partition coefficient (Wildman–Crippen LogP) is 3.36. The number of hydrogen-bond donors (Lipinski definition) is 2. The Morgan fingerprint density at radius 1 is 1.07 bits per heavy atom. The van der Waals surface area contributed by atoms with Gasteiger partial charge in [0.25, 0.3) is 5.91 Å². The average Bonchev–Trinajstić information content (AvgIpc) is 2.93. The molecule has 4 rings (SSSR count). The van der Waals surface area contributed by atoms with Crippen molar-refractivity contribution in [1.82, 2.24) is 0 Å². The number of benzene rings is 3. The lowest BCUT2D eigenvalue weighted by atomic mass is 9.87. The lowest BCUT2D eigenvalue weighted by molar-refractivity contribution is -0.133. The third-order valence-electron chi connectivity index (χ3n) is 5.02. The smallest absolute Gasteiger partial charge is 0.268 e. The van der Waals surface area contributed by atoms with E-state index < -0.39 is 23.2 Å². The summed E-state index contributed by atoms with van der Waals surface area (Å²) in [7, 11) is 0. The van der Waals surface area contributed by atoms with Gasteiger partial charge in [0.2, 0.25) is 5.91 Å². The molecule has 1 atom stereocenters. The van der Waals surface area contributed by atoms with Gasteiger partial charge in [-0.25, -0.2) is 4.39 Å². The van der Waals surface area contributed by atoms with E-state index in [4.69, 9.17) is 0 Å². The molecule has 0 bridgehead atoms. The highest BCUT2D eigenvalue weighted by Gasteiger charge is 2.51. The Labute approximate surface area is 167 Å². The van der Waals surface area contributed by atoms with Crippen LogP contribution in [0.25, 0.3) is 0 Å². The molecule has 1 aliphatic rings. The molecule has 5 nitrogen and oxygen atoms in total. The quantitative estimate of drug-likeness (QED) is 0.718. The molecule has 2 amide bonds. The highest BCUT2D eigenvalue weighted by molar-refractivity contribution is 6.12. The van der Waals surface area contributed by atoms with E-state index >= 15 is 0 Å². The summed E-state index contributed by atoms with van der Waals surface area (Å²) in [6.07, 6.45) is 0. The summed E-state index contributed by atoms with van der Waals surface area (Å²) in [4.78, 5) is 27.0. The third kappa shape index (κ3) is 3.17. The zero-order chi connectivity index (χ0) is 20.6. The van der Waals surface area contributed by atoms with E-state index in [1.54, 1.807) is 48.5 Å². The number of para-hydroxylation sites is 2. The number of rotatable bonds is 4. The minimum Gasteiger partial charge on any atom is -0.372 e. The Hall–Kier alpha value is -3.51. The molecule has 2 N–H and O–H groups in total. The molecule has 3 aromatic carbocycles. The zero-order valence-corrected chi connectivity index (χ0v) is 15.7. The summed E-state index contributed by atoms with van der Waals surface area (Å²) in [6, 6.07) is 19.7. The fourth-order valence-electron chi connectivity index (χ4n) is 3.64. The maximum atomic E-state index is 13.8. The number of carbonyl (C=O) groups is 2. The van der Waals surface area contributed by atoms with E-state index in [9.17, 15) is 19.1 Å². The number of anilines is 2. The van der Waals surface area contributed by atoms with Crippen molar-refractivity contribution in [3.63, 3.8) is 0 Å². The van der Waals surface area contributed by atoms with Gasteiger partial charge in [0.15, 0.2) is 5.60 Å². The van der Waals surface area contributed by atoms with E-state index in [1.165, 1.54) is 23.1 Å². The van der Waals surface area contributed by atoms with Crippen molar-refractivity contribution >= 4 is 23.2 Å². The predicted molar refractivity (Wildman–Crippen MR) is 108 cm³/mol. The SMILES string of the molecule is Cc1cccc([C@]2(O)C(=O)N(CC(=O)Nc3ccccc3F)c3ccccc32)c1. The second kappa shape index (κ2) is 7.14. The Bertz CT molecular complexity index is 1110. The van der Waals surface area contributed by atoms with Gasteiger partial charge < -0.3 is 10.4 Å². The van der Waals surface area contributed by atoms with Crippen LogP contribution in [0.1, 0.15) is 16.7 Å². The van der Waals surface area contributed by atoms with Gasteiger partial charge in [-0.1, -0.05) is 60.2 Å². The first-order chi connectivity index (χ1) is 13.9. The molecule has 0 aliphatic carbocycles. The van der Waals surface area contributed by atoms with E-state index in [-0.39, 0.29) is 12.2 Å². The number of halogens is 1. The third-order valence-corrected chi connectivity index (χ3v) is 5.02. The molecule has 1 heterocycles. The highest BCUT2D eigenvalue weighted by atomic mass is 19.1. The van der Waals surface area contributed by atoms with Crippen LogP contribution in [-0.2, 0) is 15.2 Å². The van der Waals surface area contributed by atoms with Crippen molar-refractivity contribution in [2.45, 2.75) is 12.5 Å². The molecule has 0 radical (unpaired) electrons. The van der Waals surface area contributed by atoms with Crippen molar-refractivity contribution in [2.24, 2.45) is 0 Å². The van der Waals surface area contributed by atoms with Crippen LogP contribution in [0.15, 0.2) is 72.8 Å². The number of nitrogens with zero attached hydrogens (tertiary/aromatic N) is 1. The first-order valence-electron chi connectivity index (χ1n) is 9.16. The van der Waals surface area contributed by atoms with Gasteiger partial charge in [-0.3, -0.25) is 14.5 Å². The maximum absolute atomic E-state index is 13.8. The number of nitrogens with one attached hydrogen (secondary N) is 1. The van der Waals surface area contributed by atoms with Gasteiger partial charge in [-0.2, -0.15) is 0 Å². The van der Waals surface area contributed by atoms with Gasteiger partial charge in [-0.05, 0) is 30.7 Å². The maximum Gasteiger partial charge on any atom is 0.268 e. The Morgan fingerprint density at radius 2 is 1.79 bits per heavy atom. The second-order valence-corrected chi connectivity index (χ2v) is 7.02. The normalized spacial score (nSPS) is 17.9. The van der Waals surface area contributed by atoms with E-state index in [2.05, 4.69) is 5.32 Å². The minimum absolute atomic E-state index is 0.0337. The lowest BCUT2D eigenvalue weighted by Crippen LogP contribution is -2.44. The number of carbonyl (C=O) groups excluding carboxylic acids is 2. The van der Waals surface area contributed by atoms with E-state index in [0.29, 0.717) is 16.8 Å². The average molecular weight is 390 g/mol. The van der Waals surface area contributed by atoms with E-state index in [0.717, 1.165) is 5.56 Å². The van der Waals surface area contributed by atoms with Crippen molar-refractivity contribution in [1.29, 1.82) is 0 Å². The van der Waals surface area contributed by atoms with Gasteiger partial charge in [0.1, 0.15) is 12.4 Å². The second-order valence-electron chi connectivity index (χ2n) is 7.02. The molecule has 146 valence electrons. The number of aryl methyl sites for hydroxylation is 1. The first kappa shape index (κ1) is 18.8. The number of aliphatic hydroxyl groups is 1. The lowest BCUT2D eigenvalue weighted by Gasteiger charge is -2.24. The van der Waals surface area contributed by atoms with Gasteiger partial charge >= 0.3 is 0 Å². The number of fused-ring (bicyclic) bond motifs is 1. The van der Waals surface area contributed by atoms with Gasteiger partial charge in [0, 0.05) is 5.56 Å². The largest absolute Gasteiger partial charge is 0.372 e. The van der Waals surface area contributed by atoms with E-state index in [1.807, 2.05) is 13.0 Å². The monoisotopic (exact) mass is 390 g/mol. The van der Waals surface area contributed by atoms with Crippen LogP contribution in [0.2, 0.25) is 0 Å². The zero-order valence-electron chi connectivity index (χ0n) is 15.7. The summed E-state index contributed by atoms with van der Waals surface area (Å²) in [6.45, 7) is 1.52. The Morgan fingerprint density at radius 3 is 2.55 bits per heavy atom. The Kier molecular flexibility index (Phi) is 4.64. The molecule has 0 saturated carbocycles. The standard InChI is InChI=1S/C23H19FN2O3/c1-15-7-6-8-16(13-15)23(29)17-9-2-5-12-20(17)26(22(23)28)14-21(27)25-19-11-4-3-10-18(19)24/h2-13,29H,14H2,1H3,(H,25,27)/t23-/m1/s1. The molecule has 0 saturated heterocycles. The summed E-state index contributed by atoms with van der Waals surface area (Å²) in [5.41, 5.74) is 0.343. The molecular formula is C23H19FN2O3. The molecule has 0 spiro atoms. The molecule has 0 aromatic heterocycles.